The summed E-state index contributed by atoms with van der Waals surface area (Å²) in [6, 6.07) is 3.59. The molecule has 2 aromatic rings. The van der Waals surface area contributed by atoms with Crippen LogP contribution in [0.25, 0.3) is 0 Å². The summed E-state index contributed by atoms with van der Waals surface area (Å²) in [5.41, 5.74) is 0.623. The van der Waals surface area contributed by atoms with E-state index in [1.165, 1.54) is 12.1 Å². The van der Waals surface area contributed by atoms with E-state index < -0.39 is 15.8 Å². The second kappa shape index (κ2) is 9.14. The number of rotatable bonds is 7. The lowest BCUT2D eigenvalue weighted by atomic mass is 9.97. The van der Waals surface area contributed by atoms with Gasteiger partial charge in [-0.3, -0.25) is 4.79 Å². The molecule has 29 heavy (non-hydrogen) atoms. The van der Waals surface area contributed by atoms with Crippen molar-refractivity contribution in [3.63, 3.8) is 0 Å². The number of piperidine rings is 1. The van der Waals surface area contributed by atoms with E-state index in [1.807, 2.05) is 0 Å². The maximum Gasteiger partial charge on any atom is 0.267 e. The average Bonchev–Trinajstić information content (AvgIpc) is 3.14. The van der Waals surface area contributed by atoms with Crippen molar-refractivity contribution in [2.75, 3.05) is 26.2 Å². The van der Waals surface area contributed by atoms with Crippen LogP contribution in [0.2, 0.25) is 0 Å². The van der Waals surface area contributed by atoms with Gasteiger partial charge in [-0.15, -0.1) is 5.10 Å². The molecule has 0 spiro atoms. The van der Waals surface area contributed by atoms with Crippen molar-refractivity contribution in [2.45, 2.75) is 31.6 Å². The van der Waals surface area contributed by atoms with Crippen LogP contribution in [0, 0.1) is 18.7 Å². The monoisotopic (exact) mass is 442 g/mol. The van der Waals surface area contributed by atoms with E-state index in [0.29, 0.717) is 43.1 Å². The quantitative estimate of drug-likeness (QED) is 0.706. The standard InChI is InChI=1S/C18H23FN4O4S2/c1-3-27-16-5-4-14(10-15(16)19)29(25,26)20-11-13-6-8-23(9-7-13)18(24)17-12(2)21-22-28-17/h4-5,10,13,20H,3,6-9,11H2,1-2H3. The van der Waals surface area contributed by atoms with Crippen LogP contribution in [-0.2, 0) is 10.0 Å². The molecule has 0 bridgehead atoms. The Morgan fingerprint density at radius 3 is 2.69 bits per heavy atom. The van der Waals surface area contributed by atoms with Crippen LogP contribution < -0.4 is 9.46 Å². The predicted octanol–water partition coefficient (Wildman–Crippen LogP) is 2.22. The van der Waals surface area contributed by atoms with Crippen molar-refractivity contribution >= 4 is 27.5 Å². The Labute approximate surface area is 173 Å². The molecule has 3 rings (SSSR count). The molecule has 1 aromatic carbocycles. The Morgan fingerprint density at radius 1 is 1.38 bits per heavy atom. The highest BCUT2D eigenvalue weighted by Crippen LogP contribution is 2.23. The van der Waals surface area contributed by atoms with Gasteiger partial charge in [0.25, 0.3) is 5.91 Å². The molecule has 2 heterocycles. The maximum atomic E-state index is 14.0. The molecular formula is C18H23FN4O4S2. The van der Waals surface area contributed by atoms with Crippen molar-refractivity contribution in [3.05, 3.63) is 34.6 Å². The summed E-state index contributed by atoms with van der Waals surface area (Å²) in [5.74, 6) is -0.673. The third-order valence-corrected chi connectivity index (χ3v) is 7.06. The molecule has 1 N–H and O–H groups in total. The van der Waals surface area contributed by atoms with E-state index in [2.05, 4.69) is 14.3 Å². The van der Waals surface area contributed by atoms with Gasteiger partial charge in [-0.25, -0.2) is 17.5 Å². The topological polar surface area (TPSA) is 101 Å². The molecule has 1 aliphatic heterocycles. The van der Waals surface area contributed by atoms with Gasteiger partial charge in [-0.05, 0) is 62.3 Å². The molecule has 1 aromatic heterocycles. The Kier molecular flexibility index (Phi) is 6.81. The molecule has 8 nitrogen and oxygen atoms in total. The van der Waals surface area contributed by atoms with Crippen molar-refractivity contribution in [1.82, 2.24) is 19.2 Å². The van der Waals surface area contributed by atoms with Crippen molar-refractivity contribution in [3.8, 4) is 5.75 Å². The van der Waals surface area contributed by atoms with Gasteiger partial charge >= 0.3 is 0 Å². The van der Waals surface area contributed by atoms with Crippen LogP contribution in [0.1, 0.15) is 35.1 Å². The zero-order chi connectivity index (χ0) is 21.0. The first-order valence-electron chi connectivity index (χ1n) is 9.32. The number of likely N-dealkylation sites (tertiary alicyclic amines) is 1. The zero-order valence-corrected chi connectivity index (χ0v) is 17.9. The van der Waals surface area contributed by atoms with Gasteiger partial charge in [0, 0.05) is 19.6 Å². The lowest BCUT2D eigenvalue weighted by molar-refractivity contribution is 0.0696. The summed E-state index contributed by atoms with van der Waals surface area (Å²) in [4.78, 5) is 14.6. The van der Waals surface area contributed by atoms with E-state index >= 15 is 0 Å². The first kappa shape index (κ1) is 21.6. The number of nitrogens with zero attached hydrogens (tertiary/aromatic N) is 3. The Morgan fingerprint density at radius 2 is 2.10 bits per heavy atom. The molecule has 0 radical (unpaired) electrons. The number of aryl methyl sites for hydroxylation is 1. The highest BCUT2D eigenvalue weighted by atomic mass is 32.2. The van der Waals surface area contributed by atoms with E-state index in [4.69, 9.17) is 4.74 Å². The normalized spacial score (nSPS) is 15.5. The SMILES string of the molecule is CCOc1ccc(S(=O)(=O)NCC2CCN(C(=O)c3snnc3C)CC2)cc1F. The van der Waals surface area contributed by atoms with Crippen LogP contribution in [0.5, 0.6) is 5.75 Å². The van der Waals surface area contributed by atoms with Gasteiger partial charge in [-0.2, -0.15) is 0 Å². The summed E-state index contributed by atoms with van der Waals surface area (Å²) in [6.45, 7) is 5.09. The molecule has 158 valence electrons. The van der Waals surface area contributed by atoms with Crippen molar-refractivity contribution in [1.29, 1.82) is 0 Å². The summed E-state index contributed by atoms with van der Waals surface area (Å²) in [5, 5.41) is 3.86. The zero-order valence-electron chi connectivity index (χ0n) is 16.2. The minimum atomic E-state index is -3.83. The first-order chi connectivity index (χ1) is 13.8. The molecule has 11 heteroatoms. The number of hydrogen-bond donors (Lipinski definition) is 1. The Hall–Kier alpha value is -2.11. The van der Waals surface area contributed by atoms with Gasteiger partial charge in [-0.1, -0.05) is 4.49 Å². The molecule has 1 saturated heterocycles. The number of aromatic nitrogens is 2. The van der Waals surface area contributed by atoms with Gasteiger partial charge in [0.2, 0.25) is 10.0 Å². The fourth-order valence-corrected chi connectivity index (χ4v) is 4.90. The number of ether oxygens (including phenoxy) is 1. The fraction of sp³-hybridized carbons (Fsp3) is 0.500. The minimum Gasteiger partial charge on any atom is -0.491 e. The first-order valence-corrected chi connectivity index (χ1v) is 11.6. The van der Waals surface area contributed by atoms with Crippen LogP contribution in [0.15, 0.2) is 23.1 Å². The summed E-state index contributed by atoms with van der Waals surface area (Å²) in [6.07, 6.45) is 1.36. The highest BCUT2D eigenvalue weighted by Gasteiger charge is 2.27. The smallest absolute Gasteiger partial charge is 0.267 e. The molecule has 1 aliphatic rings. The highest BCUT2D eigenvalue weighted by molar-refractivity contribution is 7.89. The molecule has 0 atom stereocenters. The fourth-order valence-electron chi connectivity index (χ4n) is 3.14. The lowest BCUT2D eigenvalue weighted by Crippen LogP contribution is -2.41. The van der Waals surface area contributed by atoms with Crippen LogP contribution in [-0.4, -0.2) is 55.1 Å². The summed E-state index contributed by atoms with van der Waals surface area (Å²) < 4.78 is 50.3. The van der Waals surface area contributed by atoms with Crippen molar-refractivity contribution in [2.24, 2.45) is 5.92 Å². The van der Waals surface area contributed by atoms with Crippen LogP contribution >= 0.6 is 11.5 Å². The molecule has 0 unspecified atom stereocenters. The summed E-state index contributed by atoms with van der Waals surface area (Å²) >= 11 is 1.08. The molecular weight excluding hydrogens is 419 g/mol. The van der Waals surface area contributed by atoms with Gasteiger partial charge in [0.1, 0.15) is 4.88 Å². The van der Waals surface area contributed by atoms with Gasteiger partial charge < -0.3 is 9.64 Å². The van der Waals surface area contributed by atoms with E-state index in [0.717, 1.165) is 17.6 Å². The van der Waals surface area contributed by atoms with Gasteiger partial charge in [0.05, 0.1) is 17.2 Å². The number of halogens is 1. The lowest BCUT2D eigenvalue weighted by Gasteiger charge is -2.31. The number of nitrogens with one attached hydrogen (secondary N) is 1. The minimum absolute atomic E-state index is 0.0230. The largest absolute Gasteiger partial charge is 0.491 e. The molecule has 1 amide bonds. The third-order valence-electron chi connectivity index (χ3n) is 4.82. The number of carbonyl (C=O) groups is 1. The second-order valence-corrected chi connectivity index (χ2v) is 9.32. The average molecular weight is 443 g/mol. The summed E-state index contributed by atoms with van der Waals surface area (Å²) in [7, 11) is -3.83. The number of sulfonamides is 1. The molecule has 0 saturated carbocycles. The van der Waals surface area contributed by atoms with Crippen LogP contribution in [0.4, 0.5) is 4.39 Å². The Bertz CT molecular complexity index is 972. The van der Waals surface area contributed by atoms with E-state index in [1.54, 1.807) is 18.7 Å². The van der Waals surface area contributed by atoms with E-state index in [-0.39, 0.29) is 29.0 Å². The number of hydrogen-bond acceptors (Lipinski definition) is 7. The van der Waals surface area contributed by atoms with E-state index in [9.17, 15) is 17.6 Å². The molecule has 0 aliphatic carbocycles. The van der Waals surface area contributed by atoms with Crippen molar-refractivity contribution < 1.29 is 22.3 Å². The van der Waals surface area contributed by atoms with Crippen LogP contribution in [0.3, 0.4) is 0 Å². The third kappa shape index (κ3) is 5.09. The Balaban J connectivity index is 1.54. The molecule has 1 fully saturated rings. The number of amides is 1. The predicted molar refractivity (Wildman–Crippen MR) is 106 cm³/mol. The van der Waals surface area contributed by atoms with Gasteiger partial charge in [0.15, 0.2) is 11.6 Å². The number of carbonyl (C=O) groups excluding carboxylic acids is 1. The number of benzene rings is 1. The maximum absolute atomic E-state index is 14.0. The second-order valence-electron chi connectivity index (χ2n) is 6.80.